The molecule has 0 spiro atoms. The Balaban J connectivity index is 2.97. The largest absolute Gasteiger partial charge is 0.393 e. The van der Waals surface area contributed by atoms with E-state index in [1.165, 1.54) is 18.2 Å². The monoisotopic (exact) mass is 223 g/mol. The molecule has 0 bridgehead atoms. The topological polar surface area (TPSA) is 98.3 Å². The molecule has 86 valence electrons. The van der Waals surface area contributed by atoms with E-state index < -0.39 is 4.92 Å². The van der Waals surface area contributed by atoms with E-state index in [4.69, 9.17) is 5.73 Å². The number of anilines is 1. The van der Waals surface area contributed by atoms with Crippen LogP contribution in [0.1, 0.15) is 24.2 Å². The summed E-state index contributed by atoms with van der Waals surface area (Å²) in [4.78, 5) is 21.5. The first-order chi connectivity index (χ1) is 7.41. The van der Waals surface area contributed by atoms with Gasteiger partial charge in [0.15, 0.2) is 0 Å². The van der Waals surface area contributed by atoms with Crippen molar-refractivity contribution >= 4 is 17.3 Å². The van der Waals surface area contributed by atoms with Gasteiger partial charge in [0.2, 0.25) is 0 Å². The molecular weight excluding hydrogens is 210 g/mol. The Bertz CT molecular complexity index is 429. The van der Waals surface area contributed by atoms with Crippen molar-refractivity contribution in [1.29, 1.82) is 0 Å². The zero-order valence-corrected chi connectivity index (χ0v) is 9.06. The van der Waals surface area contributed by atoms with Crippen LogP contribution in [0.15, 0.2) is 18.2 Å². The number of nitro groups is 1. The van der Waals surface area contributed by atoms with Crippen LogP contribution < -0.4 is 11.1 Å². The van der Waals surface area contributed by atoms with E-state index in [-0.39, 0.29) is 23.3 Å². The van der Waals surface area contributed by atoms with Gasteiger partial charge in [0.1, 0.15) is 5.69 Å². The summed E-state index contributed by atoms with van der Waals surface area (Å²) in [6.45, 7) is 3.65. The van der Waals surface area contributed by atoms with Crippen molar-refractivity contribution in [3.63, 3.8) is 0 Å². The summed E-state index contributed by atoms with van der Waals surface area (Å²) in [6, 6.07) is 3.91. The van der Waals surface area contributed by atoms with E-state index in [1.807, 2.05) is 13.8 Å². The van der Waals surface area contributed by atoms with Crippen LogP contribution >= 0.6 is 0 Å². The lowest BCUT2D eigenvalue weighted by Crippen LogP contribution is -2.30. The predicted molar refractivity (Wildman–Crippen MR) is 60.1 cm³/mol. The quantitative estimate of drug-likeness (QED) is 0.458. The smallest absolute Gasteiger partial charge is 0.292 e. The van der Waals surface area contributed by atoms with Gasteiger partial charge in [-0.3, -0.25) is 14.9 Å². The molecule has 0 aliphatic heterocycles. The standard InChI is InChI=1S/C10H13N3O3/c1-6(2)12-10(14)7-3-4-9(13(15)16)8(11)5-7/h3-6H,11H2,1-2H3,(H,12,14). The van der Waals surface area contributed by atoms with E-state index in [1.54, 1.807) is 0 Å². The minimum absolute atomic E-state index is 0.00363. The number of carbonyl (C=O) groups is 1. The van der Waals surface area contributed by atoms with Gasteiger partial charge in [-0.25, -0.2) is 0 Å². The Morgan fingerprint density at radius 1 is 1.50 bits per heavy atom. The molecule has 0 saturated heterocycles. The summed E-state index contributed by atoms with van der Waals surface area (Å²) >= 11 is 0. The van der Waals surface area contributed by atoms with Crippen LogP contribution in [0.5, 0.6) is 0 Å². The molecule has 1 aromatic rings. The van der Waals surface area contributed by atoms with Crippen LogP contribution in [-0.2, 0) is 0 Å². The first kappa shape index (κ1) is 12.0. The highest BCUT2D eigenvalue weighted by atomic mass is 16.6. The fraction of sp³-hybridized carbons (Fsp3) is 0.300. The van der Waals surface area contributed by atoms with E-state index in [0.717, 1.165) is 0 Å². The maximum atomic E-state index is 11.6. The highest BCUT2D eigenvalue weighted by Crippen LogP contribution is 2.21. The number of rotatable bonds is 3. The zero-order chi connectivity index (χ0) is 12.3. The first-order valence-electron chi connectivity index (χ1n) is 4.76. The second-order valence-corrected chi connectivity index (χ2v) is 3.66. The van der Waals surface area contributed by atoms with Crippen molar-refractivity contribution in [3.05, 3.63) is 33.9 Å². The van der Waals surface area contributed by atoms with Crippen LogP contribution in [0.25, 0.3) is 0 Å². The number of nitrogens with zero attached hydrogens (tertiary/aromatic N) is 1. The average molecular weight is 223 g/mol. The molecule has 0 aromatic heterocycles. The molecule has 6 heteroatoms. The second-order valence-electron chi connectivity index (χ2n) is 3.66. The predicted octanol–water partition coefficient (Wildman–Crippen LogP) is 1.32. The normalized spacial score (nSPS) is 10.2. The van der Waals surface area contributed by atoms with Crippen molar-refractivity contribution in [2.24, 2.45) is 0 Å². The molecule has 0 saturated carbocycles. The maximum absolute atomic E-state index is 11.6. The van der Waals surface area contributed by atoms with Gasteiger partial charge in [0, 0.05) is 17.7 Å². The summed E-state index contributed by atoms with van der Waals surface area (Å²) in [5.74, 6) is -0.295. The van der Waals surface area contributed by atoms with Gasteiger partial charge in [-0.15, -0.1) is 0 Å². The summed E-state index contributed by atoms with van der Waals surface area (Å²) < 4.78 is 0. The van der Waals surface area contributed by atoms with Crippen LogP contribution in [0, 0.1) is 10.1 Å². The Labute approximate surface area is 92.6 Å². The van der Waals surface area contributed by atoms with Gasteiger partial charge in [-0.1, -0.05) is 0 Å². The molecule has 0 unspecified atom stereocenters. The van der Waals surface area contributed by atoms with Gasteiger partial charge in [0.25, 0.3) is 11.6 Å². The minimum Gasteiger partial charge on any atom is -0.393 e. The zero-order valence-electron chi connectivity index (χ0n) is 9.06. The molecule has 1 aromatic carbocycles. The van der Waals surface area contributed by atoms with Crippen LogP contribution in [0.4, 0.5) is 11.4 Å². The maximum Gasteiger partial charge on any atom is 0.292 e. The number of nitrogens with one attached hydrogen (secondary N) is 1. The molecule has 0 fully saturated rings. The molecule has 0 aliphatic carbocycles. The highest BCUT2D eigenvalue weighted by molar-refractivity contribution is 5.95. The van der Waals surface area contributed by atoms with Gasteiger partial charge in [-0.05, 0) is 26.0 Å². The number of nitro benzene ring substituents is 1. The molecule has 0 atom stereocenters. The Morgan fingerprint density at radius 3 is 2.56 bits per heavy atom. The number of amides is 1. The molecule has 6 nitrogen and oxygen atoms in total. The van der Waals surface area contributed by atoms with Crippen LogP contribution in [0.2, 0.25) is 0 Å². The number of nitrogens with two attached hydrogens (primary N) is 1. The number of hydrogen-bond acceptors (Lipinski definition) is 4. The van der Waals surface area contributed by atoms with E-state index in [0.29, 0.717) is 5.56 Å². The van der Waals surface area contributed by atoms with Gasteiger partial charge >= 0.3 is 0 Å². The second kappa shape index (κ2) is 4.61. The van der Waals surface area contributed by atoms with Crippen molar-refractivity contribution in [2.75, 3.05) is 5.73 Å². The van der Waals surface area contributed by atoms with Crippen LogP contribution in [0.3, 0.4) is 0 Å². The molecular formula is C10H13N3O3. The van der Waals surface area contributed by atoms with E-state index in [2.05, 4.69) is 5.32 Å². The molecule has 16 heavy (non-hydrogen) atoms. The van der Waals surface area contributed by atoms with Crippen molar-refractivity contribution in [1.82, 2.24) is 5.32 Å². The third-order valence-electron chi connectivity index (χ3n) is 1.91. The van der Waals surface area contributed by atoms with Crippen molar-refractivity contribution < 1.29 is 9.72 Å². The lowest BCUT2D eigenvalue weighted by molar-refractivity contribution is -0.383. The lowest BCUT2D eigenvalue weighted by atomic mass is 10.1. The summed E-state index contributed by atoms with van der Waals surface area (Å²) in [7, 11) is 0. The summed E-state index contributed by atoms with van der Waals surface area (Å²) in [5.41, 5.74) is 5.58. The minimum atomic E-state index is -0.584. The third kappa shape index (κ3) is 2.69. The van der Waals surface area contributed by atoms with E-state index >= 15 is 0 Å². The highest BCUT2D eigenvalue weighted by Gasteiger charge is 2.14. The summed E-state index contributed by atoms with van der Waals surface area (Å²) in [6.07, 6.45) is 0. The van der Waals surface area contributed by atoms with Gasteiger partial charge in [-0.2, -0.15) is 0 Å². The summed E-state index contributed by atoms with van der Waals surface area (Å²) in [5, 5.41) is 13.2. The molecule has 0 heterocycles. The fourth-order valence-electron chi connectivity index (χ4n) is 1.21. The Kier molecular flexibility index (Phi) is 3.44. The number of hydrogen-bond donors (Lipinski definition) is 2. The number of nitrogen functional groups attached to an aromatic ring is 1. The average Bonchev–Trinajstić information content (AvgIpc) is 2.15. The molecule has 1 rings (SSSR count). The van der Waals surface area contributed by atoms with Gasteiger partial charge in [0.05, 0.1) is 4.92 Å². The third-order valence-corrected chi connectivity index (χ3v) is 1.91. The molecule has 1 amide bonds. The Hall–Kier alpha value is -2.11. The van der Waals surface area contributed by atoms with Crippen molar-refractivity contribution in [2.45, 2.75) is 19.9 Å². The Morgan fingerprint density at radius 2 is 2.12 bits per heavy atom. The number of carbonyl (C=O) groups excluding carboxylic acids is 1. The van der Waals surface area contributed by atoms with Crippen LogP contribution in [-0.4, -0.2) is 16.9 Å². The first-order valence-corrected chi connectivity index (χ1v) is 4.76. The fourth-order valence-corrected chi connectivity index (χ4v) is 1.21. The molecule has 3 N–H and O–H groups in total. The molecule has 0 aliphatic rings. The SMILES string of the molecule is CC(C)NC(=O)c1ccc([N+](=O)[O-])c(N)c1. The number of benzene rings is 1. The van der Waals surface area contributed by atoms with E-state index in [9.17, 15) is 14.9 Å². The van der Waals surface area contributed by atoms with Gasteiger partial charge < -0.3 is 11.1 Å². The van der Waals surface area contributed by atoms with Crippen molar-refractivity contribution in [3.8, 4) is 0 Å². The molecule has 0 radical (unpaired) electrons. The lowest BCUT2D eigenvalue weighted by Gasteiger charge is -2.08.